The lowest BCUT2D eigenvalue weighted by Crippen LogP contribution is -2.39. The summed E-state index contributed by atoms with van der Waals surface area (Å²) >= 11 is 0. The molecule has 0 spiro atoms. The Labute approximate surface area is 136 Å². The summed E-state index contributed by atoms with van der Waals surface area (Å²) in [6, 6.07) is 0.0488. The number of allylic oxidation sites excluding steroid dienone is 1. The number of anilines is 1. The zero-order valence-electron chi connectivity index (χ0n) is 13.8. The van der Waals surface area contributed by atoms with Gasteiger partial charge in [-0.15, -0.1) is 0 Å². The third-order valence-corrected chi connectivity index (χ3v) is 3.49. The van der Waals surface area contributed by atoms with E-state index in [2.05, 4.69) is 15.3 Å². The maximum absolute atomic E-state index is 11.8. The van der Waals surface area contributed by atoms with E-state index >= 15 is 0 Å². The number of amides is 1. The molecule has 4 N–H and O–H groups in total. The number of hydrogen-bond donors (Lipinski definition) is 3. The molecule has 1 aromatic heterocycles. The van der Waals surface area contributed by atoms with Gasteiger partial charge in [-0.05, 0) is 45.6 Å². The maximum atomic E-state index is 11.8. The van der Waals surface area contributed by atoms with Gasteiger partial charge in [0.2, 0.25) is 0 Å². The molecule has 23 heavy (non-hydrogen) atoms. The van der Waals surface area contributed by atoms with Crippen molar-refractivity contribution < 1.29 is 14.6 Å². The molecule has 0 radical (unpaired) electrons. The summed E-state index contributed by atoms with van der Waals surface area (Å²) in [5.74, 6) is 0.247. The average molecular weight is 320 g/mol. The molecule has 1 aromatic rings. The first-order valence-electron chi connectivity index (χ1n) is 7.69. The quantitative estimate of drug-likeness (QED) is 0.786. The van der Waals surface area contributed by atoms with Crippen LogP contribution in [0.3, 0.4) is 0 Å². The average Bonchev–Trinajstić information content (AvgIpc) is 2.46. The molecule has 0 fully saturated rings. The van der Waals surface area contributed by atoms with Crippen molar-refractivity contribution in [3.05, 3.63) is 23.7 Å². The Morgan fingerprint density at radius 2 is 2.26 bits per heavy atom. The number of carbonyl (C=O) groups excluding carboxylic acids is 1. The summed E-state index contributed by atoms with van der Waals surface area (Å²) in [7, 11) is 0. The van der Waals surface area contributed by atoms with E-state index in [0.29, 0.717) is 12.1 Å². The second-order valence-corrected chi connectivity index (χ2v) is 6.59. The number of rotatable bonds is 3. The van der Waals surface area contributed by atoms with Gasteiger partial charge >= 0.3 is 6.09 Å². The van der Waals surface area contributed by atoms with Crippen molar-refractivity contribution in [3.63, 3.8) is 0 Å². The van der Waals surface area contributed by atoms with Crippen LogP contribution in [0.2, 0.25) is 0 Å². The lowest BCUT2D eigenvalue weighted by atomic mass is 9.93. The van der Waals surface area contributed by atoms with E-state index < -0.39 is 11.7 Å². The van der Waals surface area contributed by atoms with Gasteiger partial charge < -0.3 is 20.9 Å². The van der Waals surface area contributed by atoms with Crippen molar-refractivity contribution in [2.24, 2.45) is 0 Å². The van der Waals surface area contributed by atoms with Gasteiger partial charge in [-0.25, -0.2) is 14.8 Å². The van der Waals surface area contributed by atoms with Crippen LogP contribution in [-0.4, -0.2) is 32.8 Å². The number of carbonyl (C=O) groups is 1. The van der Waals surface area contributed by atoms with Crippen molar-refractivity contribution in [2.75, 3.05) is 5.73 Å². The number of aromatic nitrogens is 2. The van der Waals surface area contributed by atoms with Crippen LogP contribution in [0, 0.1) is 0 Å². The highest BCUT2D eigenvalue weighted by atomic mass is 16.6. The summed E-state index contributed by atoms with van der Waals surface area (Å²) in [4.78, 5) is 20.2. The lowest BCUT2D eigenvalue weighted by molar-refractivity contribution is 0.0502. The summed E-state index contributed by atoms with van der Waals surface area (Å²) in [5.41, 5.74) is 7.30. The summed E-state index contributed by atoms with van der Waals surface area (Å²) in [5, 5.41) is 12.1. The predicted molar refractivity (Wildman–Crippen MR) is 87.4 cm³/mol. The topological polar surface area (TPSA) is 110 Å². The van der Waals surface area contributed by atoms with Gasteiger partial charge in [-0.3, -0.25) is 0 Å². The highest BCUT2D eigenvalue weighted by Gasteiger charge is 2.22. The number of alkyl carbamates (subject to hydrolysis) is 1. The molecule has 7 heteroatoms. The van der Waals surface area contributed by atoms with Crippen LogP contribution >= 0.6 is 0 Å². The van der Waals surface area contributed by atoms with E-state index in [1.54, 1.807) is 6.20 Å². The van der Waals surface area contributed by atoms with E-state index in [-0.39, 0.29) is 18.5 Å². The first kappa shape index (κ1) is 17.2. The molecule has 0 aliphatic heterocycles. The SMILES string of the molecule is CC(C)(C)OC(=O)NC1CC=C(c2cnc(N)c(CO)n2)CC1. The Hall–Kier alpha value is -2.15. The monoisotopic (exact) mass is 320 g/mol. The van der Waals surface area contributed by atoms with Gasteiger partial charge in [0.05, 0.1) is 18.5 Å². The van der Waals surface area contributed by atoms with E-state index in [1.165, 1.54) is 0 Å². The Kier molecular flexibility index (Phi) is 5.20. The van der Waals surface area contributed by atoms with Crippen molar-refractivity contribution in [1.82, 2.24) is 15.3 Å². The minimum atomic E-state index is -0.500. The summed E-state index contributed by atoms with van der Waals surface area (Å²) < 4.78 is 5.26. The Morgan fingerprint density at radius 3 is 2.83 bits per heavy atom. The van der Waals surface area contributed by atoms with E-state index in [1.807, 2.05) is 26.8 Å². The Balaban J connectivity index is 1.97. The molecule has 0 bridgehead atoms. The molecule has 1 aliphatic rings. The number of nitrogens with one attached hydrogen (secondary N) is 1. The Morgan fingerprint density at radius 1 is 1.52 bits per heavy atom. The molecule has 0 saturated carbocycles. The van der Waals surface area contributed by atoms with Crippen LogP contribution in [0.5, 0.6) is 0 Å². The van der Waals surface area contributed by atoms with Crippen LogP contribution in [0.4, 0.5) is 10.6 Å². The normalized spacial score (nSPS) is 18.3. The number of aliphatic hydroxyl groups is 1. The smallest absolute Gasteiger partial charge is 0.407 e. The molecular weight excluding hydrogens is 296 g/mol. The molecule has 1 amide bonds. The van der Waals surface area contributed by atoms with Gasteiger partial charge in [0.15, 0.2) is 0 Å². The highest BCUT2D eigenvalue weighted by Crippen LogP contribution is 2.26. The molecule has 1 heterocycles. The van der Waals surface area contributed by atoms with Gasteiger partial charge in [0.25, 0.3) is 0 Å². The number of ether oxygens (including phenoxy) is 1. The van der Waals surface area contributed by atoms with Crippen molar-refractivity contribution in [3.8, 4) is 0 Å². The Bertz CT molecular complexity index is 608. The van der Waals surface area contributed by atoms with Gasteiger partial charge in [-0.2, -0.15) is 0 Å². The summed E-state index contributed by atoms with van der Waals surface area (Å²) in [6.07, 6.45) is 5.52. The van der Waals surface area contributed by atoms with Gasteiger partial charge in [0, 0.05) is 6.04 Å². The number of nitrogens with two attached hydrogens (primary N) is 1. The molecule has 1 unspecified atom stereocenters. The predicted octanol–water partition coefficient (Wildman–Crippen LogP) is 2.01. The van der Waals surface area contributed by atoms with Crippen LogP contribution in [0.15, 0.2) is 12.3 Å². The maximum Gasteiger partial charge on any atom is 0.407 e. The minimum Gasteiger partial charge on any atom is -0.444 e. The van der Waals surface area contributed by atoms with E-state index in [4.69, 9.17) is 10.5 Å². The molecule has 7 nitrogen and oxygen atoms in total. The second-order valence-electron chi connectivity index (χ2n) is 6.59. The fourth-order valence-corrected chi connectivity index (χ4v) is 2.38. The highest BCUT2D eigenvalue weighted by molar-refractivity contribution is 5.69. The van der Waals surface area contributed by atoms with E-state index in [0.717, 1.165) is 24.1 Å². The fourth-order valence-electron chi connectivity index (χ4n) is 2.38. The number of aliphatic hydroxyl groups excluding tert-OH is 1. The van der Waals surface area contributed by atoms with Crippen LogP contribution in [-0.2, 0) is 11.3 Å². The number of hydrogen-bond acceptors (Lipinski definition) is 6. The standard InChI is InChI=1S/C16H24N4O3/c1-16(2,3)23-15(22)19-11-6-4-10(5-7-11)12-8-18-14(17)13(9-21)20-12/h4,8,11,21H,5-7,9H2,1-3H3,(H2,17,18)(H,19,22). The largest absolute Gasteiger partial charge is 0.444 e. The molecule has 0 saturated heterocycles. The van der Waals surface area contributed by atoms with Gasteiger partial charge in [-0.1, -0.05) is 6.08 Å². The van der Waals surface area contributed by atoms with Crippen LogP contribution in [0.1, 0.15) is 51.4 Å². The number of nitrogen functional groups attached to an aromatic ring is 1. The van der Waals surface area contributed by atoms with Gasteiger partial charge in [0.1, 0.15) is 17.1 Å². The summed E-state index contributed by atoms with van der Waals surface area (Å²) in [6.45, 7) is 5.28. The molecule has 0 aromatic carbocycles. The number of nitrogens with zero attached hydrogens (tertiary/aromatic N) is 2. The van der Waals surface area contributed by atoms with Crippen LogP contribution in [0.25, 0.3) is 5.57 Å². The zero-order valence-corrected chi connectivity index (χ0v) is 13.8. The van der Waals surface area contributed by atoms with E-state index in [9.17, 15) is 9.90 Å². The third-order valence-electron chi connectivity index (χ3n) is 3.49. The molecule has 1 atom stereocenters. The second kappa shape index (κ2) is 6.95. The lowest BCUT2D eigenvalue weighted by Gasteiger charge is -2.25. The molecular formula is C16H24N4O3. The van der Waals surface area contributed by atoms with Crippen molar-refractivity contribution in [1.29, 1.82) is 0 Å². The van der Waals surface area contributed by atoms with Crippen molar-refractivity contribution >= 4 is 17.5 Å². The fraction of sp³-hybridized carbons (Fsp3) is 0.562. The van der Waals surface area contributed by atoms with Crippen LogP contribution < -0.4 is 11.1 Å². The zero-order chi connectivity index (χ0) is 17.0. The first-order valence-corrected chi connectivity index (χ1v) is 7.69. The van der Waals surface area contributed by atoms with Crippen molar-refractivity contribution in [2.45, 2.75) is 58.3 Å². The molecule has 1 aliphatic carbocycles. The first-order chi connectivity index (χ1) is 10.8. The third kappa shape index (κ3) is 4.92. The molecule has 2 rings (SSSR count). The minimum absolute atomic E-state index is 0.0488. The molecule has 126 valence electrons.